The predicted octanol–water partition coefficient (Wildman–Crippen LogP) is 3.26. The van der Waals surface area contributed by atoms with Gasteiger partial charge < -0.3 is 14.2 Å². The van der Waals surface area contributed by atoms with Crippen molar-refractivity contribution in [3.8, 4) is 28.5 Å². The molecule has 150 valence electrons. The first-order chi connectivity index (χ1) is 14.1. The van der Waals surface area contributed by atoms with Crippen molar-refractivity contribution < 1.29 is 19.0 Å². The summed E-state index contributed by atoms with van der Waals surface area (Å²) in [5.74, 6) is 1.65. The second kappa shape index (κ2) is 9.41. The van der Waals surface area contributed by atoms with E-state index in [4.69, 9.17) is 14.2 Å². The van der Waals surface area contributed by atoms with Crippen molar-refractivity contribution in [3.63, 3.8) is 0 Å². The number of aromatic amines is 1. The van der Waals surface area contributed by atoms with Gasteiger partial charge in [-0.15, -0.1) is 0 Å². The first-order valence-electron chi connectivity index (χ1n) is 8.98. The Morgan fingerprint density at radius 1 is 1.10 bits per heavy atom. The largest absolute Gasteiger partial charge is 0.497 e. The molecule has 3 aromatic rings. The van der Waals surface area contributed by atoms with E-state index in [-0.39, 0.29) is 0 Å². The zero-order chi connectivity index (χ0) is 20.6. The summed E-state index contributed by atoms with van der Waals surface area (Å²) in [6, 6.07) is 14.5. The van der Waals surface area contributed by atoms with Gasteiger partial charge in [0.15, 0.2) is 0 Å². The second-order valence-corrected chi connectivity index (χ2v) is 5.93. The summed E-state index contributed by atoms with van der Waals surface area (Å²) >= 11 is 0. The molecule has 0 atom stereocenters. The molecule has 8 nitrogen and oxygen atoms in total. The molecule has 2 aromatic carbocycles. The van der Waals surface area contributed by atoms with Crippen LogP contribution in [0.15, 0.2) is 53.6 Å². The second-order valence-electron chi connectivity index (χ2n) is 5.93. The van der Waals surface area contributed by atoms with Crippen LogP contribution in [0.4, 0.5) is 0 Å². The van der Waals surface area contributed by atoms with Crippen LogP contribution in [0.1, 0.15) is 23.0 Å². The van der Waals surface area contributed by atoms with Crippen molar-refractivity contribution in [2.45, 2.75) is 6.92 Å². The van der Waals surface area contributed by atoms with Gasteiger partial charge in [0, 0.05) is 11.1 Å². The van der Waals surface area contributed by atoms with E-state index in [1.807, 2.05) is 31.2 Å². The van der Waals surface area contributed by atoms with Crippen molar-refractivity contribution in [1.82, 2.24) is 15.6 Å². The Bertz CT molecular complexity index is 996. The normalized spacial score (nSPS) is 10.7. The van der Waals surface area contributed by atoms with Gasteiger partial charge in [-0.2, -0.15) is 10.2 Å². The van der Waals surface area contributed by atoms with Crippen LogP contribution in [0.3, 0.4) is 0 Å². The van der Waals surface area contributed by atoms with Gasteiger partial charge in [-0.05, 0) is 55.5 Å². The number of nitrogens with zero attached hydrogens (tertiary/aromatic N) is 2. The van der Waals surface area contributed by atoms with Gasteiger partial charge in [0.2, 0.25) is 0 Å². The molecule has 0 saturated carbocycles. The number of amides is 1. The summed E-state index contributed by atoms with van der Waals surface area (Å²) in [6.45, 7) is 2.54. The third-order valence-corrected chi connectivity index (χ3v) is 4.09. The number of carbonyl (C=O) groups excluding carboxylic acids is 1. The van der Waals surface area contributed by atoms with E-state index in [0.29, 0.717) is 35.1 Å². The van der Waals surface area contributed by atoms with E-state index in [1.165, 1.54) is 6.21 Å². The molecule has 0 spiro atoms. The Hall–Kier alpha value is -3.81. The Labute approximate surface area is 168 Å². The molecule has 0 aliphatic carbocycles. The molecular formula is C21H22N4O4. The Balaban J connectivity index is 1.67. The van der Waals surface area contributed by atoms with Crippen molar-refractivity contribution in [2.24, 2.45) is 5.10 Å². The molecule has 29 heavy (non-hydrogen) atoms. The minimum absolute atomic E-state index is 0.295. The topological polar surface area (TPSA) is 97.8 Å². The molecule has 2 N–H and O–H groups in total. The average Bonchev–Trinajstić information content (AvgIpc) is 3.25. The third kappa shape index (κ3) is 4.92. The zero-order valence-corrected chi connectivity index (χ0v) is 16.4. The van der Waals surface area contributed by atoms with Crippen molar-refractivity contribution in [2.75, 3.05) is 20.8 Å². The van der Waals surface area contributed by atoms with Gasteiger partial charge in [0.25, 0.3) is 5.91 Å². The summed E-state index contributed by atoms with van der Waals surface area (Å²) in [7, 11) is 3.13. The summed E-state index contributed by atoms with van der Waals surface area (Å²) in [4.78, 5) is 12.3. The van der Waals surface area contributed by atoms with Crippen LogP contribution in [-0.4, -0.2) is 43.1 Å². The molecule has 0 fully saturated rings. The van der Waals surface area contributed by atoms with Gasteiger partial charge in [0.05, 0.1) is 32.7 Å². The van der Waals surface area contributed by atoms with Crippen molar-refractivity contribution >= 4 is 12.1 Å². The number of methoxy groups -OCH3 is 2. The number of benzene rings is 2. The van der Waals surface area contributed by atoms with Gasteiger partial charge in [-0.1, -0.05) is 0 Å². The van der Waals surface area contributed by atoms with Crippen LogP contribution >= 0.6 is 0 Å². The van der Waals surface area contributed by atoms with Crippen LogP contribution < -0.4 is 19.6 Å². The lowest BCUT2D eigenvalue weighted by Gasteiger charge is -2.06. The van der Waals surface area contributed by atoms with E-state index in [2.05, 4.69) is 20.7 Å². The summed E-state index contributed by atoms with van der Waals surface area (Å²) in [5.41, 5.74) is 4.96. The Morgan fingerprint density at radius 3 is 2.55 bits per heavy atom. The number of hydrogen-bond donors (Lipinski definition) is 2. The molecule has 1 heterocycles. The molecule has 0 saturated heterocycles. The van der Waals surface area contributed by atoms with Crippen LogP contribution in [-0.2, 0) is 0 Å². The van der Waals surface area contributed by atoms with Gasteiger partial charge in [0.1, 0.15) is 22.9 Å². The molecule has 0 radical (unpaired) electrons. The summed E-state index contributed by atoms with van der Waals surface area (Å²) in [6.07, 6.45) is 1.49. The Morgan fingerprint density at radius 2 is 1.86 bits per heavy atom. The van der Waals surface area contributed by atoms with Crippen molar-refractivity contribution in [1.29, 1.82) is 0 Å². The highest BCUT2D eigenvalue weighted by Gasteiger charge is 2.11. The number of aromatic nitrogens is 2. The lowest BCUT2D eigenvalue weighted by molar-refractivity contribution is 0.0950. The maximum atomic E-state index is 12.3. The number of hydrogen-bond acceptors (Lipinski definition) is 6. The average molecular weight is 394 g/mol. The van der Waals surface area contributed by atoms with E-state index in [9.17, 15) is 4.79 Å². The first kappa shape index (κ1) is 19.9. The smallest absolute Gasteiger partial charge is 0.289 e. The van der Waals surface area contributed by atoms with Crippen molar-refractivity contribution in [3.05, 3.63) is 59.8 Å². The Kier molecular flexibility index (Phi) is 6.47. The molecule has 1 amide bonds. The molecule has 0 bridgehead atoms. The van der Waals surface area contributed by atoms with Gasteiger partial charge in [-0.3, -0.25) is 9.89 Å². The monoisotopic (exact) mass is 394 g/mol. The minimum Gasteiger partial charge on any atom is -0.497 e. The van der Waals surface area contributed by atoms with Crippen LogP contribution in [0.5, 0.6) is 17.2 Å². The van der Waals surface area contributed by atoms with Crippen LogP contribution in [0.25, 0.3) is 11.3 Å². The van der Waals surface area contributed by atoms with E-state index < -0.39 is 5.91 Å². The van der Waals surface area contributed by atoms with E-state index in [1.54, 1.807) is 38.5 Å². The number of H-pyrrole nitrogens is 1. The standard InChI is InChI=1S/C21H22N4O4/c1-4-29-16-7-5-14(6-8-16)18-12-19(24-23-18)21(26)25-22-13-15-11-17(27-2)9-10-20(15)28-3/h5-13H,4H2,1-3H3,(H,23,24)(H,25,26). The fraction of sp³-hybridized carbons (Fsp3) is 0.190. The number of rotatable bonds is 8. The quantitative estimate of drug-likeness (QED) is 0.451. The van der Waals surface area contributed by atoms with Crippen LogP contribution in [0, 0.1) is 0 Å². The highest BCUT2D eigenvalue weighted by Crippen LogP contribution is 2.23. The van der Waals surface area contributed by atoms with E-state index in [0.717, 1.165) is 11.3 Å². The lowest BCUT2D eigenvalue weighted by atomic mass is 10.1. The zero-order valence-electron chi connectivity index (χ0n) is 16.4. The molecule has 3 rings (SSSR count). The highest BCUT2D eigenvalue weighted by molar-refractivity contribution is 5.94. The number of ether oxygens (including phenoxy) is 3. The molecule has 0 unspecified atom stereocenters. The summed E-state index contributed by atoms with van der Waals surface area (Å²) in [5, 5.41) is 10.9. The fourth-order valence-electron chi connectivity index (χ4n) is 2.64. The minimum atomic E-state index is -0.409. The molecule has 8 heteroatoms. The van der Waals surface area contributed by atoms with E-state index >= 15 is 0 Å². The predicted molar refractivity (Wildman–Crippen MR) is 110 cm³/mol. The lowest BCUT2D eigenvalue weighted by Crippen LogP contribution is -2.18. The number of carbonyl (C=O) groups is 1. The molecule has 1 aromatic heterocycles. The highest BCUT2D eigenvalue weighted by atomic mass is 16.5. The molecule has 0 aliphatic heterocycles. The maximum Gasteiger partial charge on any atom is 0.289 e. The number of nitrogens with one attached hydrogen (secondary N) is 2. The fourth-order valence-corrected chi connectivity index (χ4v) is 2.64. The summed E-state index contributed by atoms with van der Waals surface area (Å²) < 4.78 is 15.9. The maximum absolute atomic E-state index is 12.3. The van der Waals surface area contributed by atoms with Gasteiger partial charge in [-0.25, -0.2) is 5.43 Å². The number of hydrazone groups is 1. The van der Waals surface area contributed by atoms with Gasteiger partial charge >= 0.3 is 0 Å². The molecule has 0 aliphatic rings. The SMILES string of the molecule is CCOc1ccc(-c2cc(C(=O)NN=Cc3cc(OC)ccc3OC)[nH]n2)cc1. The first-order valence-corrected chi connectivity index (χ1v) is 8.98. The van der Waals surface area contributed by atoms with Crippen LogP contribution in [0.2, 0.25) is 0 Å². The third-order valence-electron chi connectivity index (χ3n) is 4.09. The molecular weight excluding hydrogens is 372 g/mol.